The van der Waals surface area contributed by atoms with Gasteiger partial charge in [0.15, 0.2) is 0 Å². The first-order valence-electron chi connectivity index (χ1n) is 8.72. The van der Waals surface area contributed by atoms with Crippen LogP contribution >= 0.6 is 0 Å². The predicted octanol–water partition coefficient (Wildman–Crippen LogP) is -0.0437. The summed E-state index contributed by atoms with van der Waals surface area (Å²) in [4.78, 5) is 23.7. The first-order valence-corrected chi connectivity index (χ1v) is 10.2. The average Bonchev–Trinajstić information content (AvgIpc) is 3.08. The Bertz CT molecular complexity index is 1030. The van der Waals surface area contributed by atoms with E-state index in [9.17, 15) is 23.3 Å². The number of carbonyl (C=O) groups excluding carboxylic acids is 1. The fraction of sp³-hybridized carbons (Fsp3) is 0.375. The molecule has 0 radical (unpaired) electrons. The van der Waals surface area contributed by atoms with Crippen LogP contribution in [0.2, 0.25) is 0 Å². The van der Waals surface area contributed by atoms with E-state index in [0.29, 0.717) is 31.9 Å². The van der Waals surface area contributed by atoms with Gasteiger partial charge in [-0.2, -0.15) is 9.40 Å². The number of nitrogens with one attached hydrogen (secondary N) is 1. The summed E-state index contributed by atoms with van der Waals surface area (Å²) in [6.07, 6.45) is 2.84. The number of benzene rings is 1. The lowest BCUT2D eigenvalue weighted by Gasteiger charge is -2.31. The molecule has 2 heterocycles. The Labute approximate surface area is 167 Å². The van der Waals surface area contributed by atoms with Crippen molar-refractivity contribution < 1.29 is 18.1 Å². The molecule has 156 valence electrons. The summed E-state index contributed by atoms with van der Waals surface area (Å²) < 4.78 is 28.3. The van der Waals surface area contributed by atoms with E-state index in [1.165, 1.54) is 33.5 Å². The molecule has 0 unspecified atom stereocenters. The van der Waals surface area contributed by atoms with Crippen molar-refractivity contribution in [2.45, 2.75) is 11.4 Å². The lowest BCUT2D eigenvalue weighted by atomic mass is 10.2. The van der Waals surface area contributed by atoms with Crippen LogP contribution in [0, 0.1) is 10.1 Å². The molecule has 12 nitrogen and oxygen atoms in total. The molecular formula is C16H21N7O5S. The van der Waals surface area contributed by atoms with Crippen LogP contribution in [0.3, 0.4) is 0 Å². The minimum absolute atomic E-state index is 0.103. The van der Waals surface area contributed by atoms with Crippen molar-refractivity contribution in [3.8, 4) is 0 Å². The molecule has 1 aliphatic heterocycles. The van der Waals surface area contributed by atoms with Crippen molar-refractivity contribution in [2.75, 3.05) is 38.5 Å². The van der Waals surface area contributed by atoms with Gasteiger partial charge in [-0.15, -0.1) is 0 Å². The molecular weight excluding hydrogens is 402 g/mol. The van der Waals surface area contributed by atoms with Crippen LogP contribution in [0.4, 0.5) is 17.1 Å². The molecule has 13 heteroatoms. The number of sulfonamides is 1. The quantitative estimate of drug-likeness (QED) is 0.464. The number of hydrogen-bond donors (Lipinski definition) is 2. The Morgan fingerprint density at radius 2 is 2.00 bits per heavy atom. The summed E-state index contributed by atoms with van der Waals surface area (Å²) >= 11 is 0. The number of nitrogens with two attached hydrogens (primary N) is 1. The normalized spacial score (nSPS) is 15.9. The highest BCUT2D eigenvalue weighted by molar-refractivity contribution is 7.89. The number of nitro benzene ring substituents is 1. The first-order chi connectivity index (χ1) is 13.7. The van der Waals surface area contributed by atoms with E-state index in [1.807, 2.05) is 11.9 Å². The second-order valence-electron chi connectivity index (χ2n) is 6.66. The highest BCUT2D eigenvalue weighted by atomic mass is 32.2. The van der Waals surface area contributed by atoms with Crippen LogP contribution in [0.25, 0.3) is 0 Å². The maximum atomic E-state index is 12.9. The highest BCUT2D eigenvalue weighted by Crippen LogP contribution is 2.31. The van der Waals surface area contributed by atoms with Gasteiger partial charge < -0.3 is 16.0 Å². The summed E-state index contributed by atoms with van der Waals surface area (Å²) in [7, 11) is -1.93. The van der Waals surface area contributed by atoms with Gasteiger partial charge in [0, 0.05) is 38.4 Å². The molecule has 1 aromatic carbocycles. The second-order valence-corrected chi connectivity index (χ2v) is 8.60. The van der Waals surface area contributed by atoms with Crippen molar-refractivity contribution in [1.82, 2.24) is 19.0 Å². The van der Waals surface area contributed by atoms with Crippen molar-refractivity contribution in [3.63, 3.8) is 0 Å². The standard InChI is InChI=1S/C16H21N7O5S/c1-20-4-6-22(7-5-20)29(27,28)13-2-3-14(15(8-13)23(25)26)19-12-9-18-21(10-12)11-16(17)24/h2-3,8-10,19H,4-7,11H2,1H3,(H2,17,24). The van der Waals surface area contributed by atoms with Crippen LogP contribution < -0.4 is 11.1 Å². The van der Waals surface area contributed by atoms with Gasteiger partial charge in [-0.1, -0.05) is 0 Å². The number of amides is 1. The van der Waals surface area contributed by atoms with Gasteiger partial charge in [-0.3, -0.25) is 19.6 Å². The largest absolute Gasteiger partial charge is 0.368 e. The molecule has 0 aliphatic carbocycles. The minimum Gasteiger partial charge on any atom is -0.368 e. The third-order valence-corrected chi connectivity index (χ3v) is 6.39. The average molecular weight is 423 g/mol. The summed E-state index contributed by atoms with van der Waals surface area (Å²) in [5.41, 5.74) is 5.21. The van der Waals surface area contributed by atoms with Gasteiger partial charge in [0.05, 0.1) is 21.7 Å². The Hall–Kier alpha value is -3.03. The van der Waals surface area contributed by atoms with Crippen LogP contribution in [0.5, 0.6) is 0 Å². The van der Waals surface area contributed by atoms with Crippen LogP contribution in [-0.2, 0) is 21.4 Å². The highest BCUT2D eigenvalue weighted by Gasteiger charge is 2.29. The number of nitro groups is 1. The van der Waals surface area contributed by atoms with Crippen molar-refractivity contribution >= 4 is 33.0 Å². The molecule has 3 rings (SSSR count). The third-order valence-electron chi connectivity index (χ3n) is 4.50. The van der Waals surface area contributed by atoms with E-state index in [2.05, 4.69) is 10.4 Å². The van der Waals surface area contributed by atoms with Crippen molar-refractivity contribution in [3.05, 3.63) is 40.7 Å². The summed E-state index contributed by atoms with van der Waals surface area (Å²) in [6, 6.07) is 3.72. The Morgan fingerprint density at radius 1 is 1.31 bits per heavy atom. The first kappa shape index (κ1) is 20.7. The Morgan fingerprint density at radius 3 is 2.62 bits per heavy atom. The molecule has 0 atom stereocenters. The SMILES string of the molecule is CN1CCN(S(=O)(=O)c2ccc(Nc3cnn(CC(N)=O)c3)c([N+](=O)[O-])c2)CC1. The lowest BCUT2D eigenvalue weighted by molar-refractivity contribution is -0.384. The smallest absolute Gasteiger partial charge is 0.294 e. The monoisotopic (exact) mass is 423 g/mol. The Kier molecular flexibility index (Phi) is 5.81. The summed E-state index contributed by atoms with van der Waals surface area (Å²) in [5, 5.41) is 18.3. The zero-order chi connectivity index (χ0) is 21.2. The zero-order valence-corrected chi connectivity index (χ0v) is 16.5. The molecule has 1 saturated heterocycles. The van der Waals surface area contributed by atoms with E-state index in [1.54, 1.807) is 0 Å². The molecule has 1 fully saturated rings. The van der Waals surface area contributed by atoms with Crippen molar-refractivity contribution in [2.24, 2.45) is 5.73 Å². The molecule has 0 spiro atoms. The number of piperazine rings is 1. The fourth-order valence-corrected chi connectivity index (χ4v) is 4.38. The molecule has 1 aromatic heterocycles. The number of primary amides is 1. The zero-order valence-electron chi connectivity index (χ0n) is 15.7. The van der Waals surface area contributed by atoms with Crippen LogP contribution in [0.1, 0.15) is 0 Å². The van der Waals surface area contributed by atoms with Gasteiger partial charge in [0.25, 0.3) is 5.69 Å². The molecule has 0 saturated carbocycles. The van der Waals surface area contributed by atoms with E-state index in [0.717, 1.165) is 6.07 Å². The number of nitrogens with zero attached hydrogens (tertiary/aromatic N) is 5. The number of anilines is 2. The maximum Gasteiger partial charge on any atom is 0.294 e. The predicted molar refractivity (Wildman–Crippen MR) is 104 cm³/mol. The minimum atomic E-state index is -3.83. The van der Waals surface area contributed by atoms with E-state index < -0.39 is 20.9 Å². The summed E-state index contributed by atoms with van der Waals surface area (Å²) in [6.45, 7) is 1.70. The Balaban J connectivity index is 1.86. The number of hydrogen-bond acceptors (Lipinski definition) is 8. The molecule has 1 aliphatic rings. The molecule has 0 bridgehead atoms. The summed E-state index contributed by atoms with van der Waals surface area (Å²) in [5.74, 6) is -0.580. The van der Waals surface area contributed by atoms with E-state index in [4.69, 9.17) is 5.73 Å². The van der Waals surface area contributed by atoms with Gasteiger partial charge in [-0.25, -0.2) is 8.42 Å². The maximum absolute atomic E-state index is 12.9. The second kappa shape index (κ2) is 8.14. The molecule has 3 N–H and O–H groups in total. The number of rotatable bonds is 7. The van der Waals surface area contributed by atoms with Gasteiger partial charge in [0.2, 0.25) is 15.9 Å². The van der Waals surface area contributed by atoms with Crippen LogP contribution in [-0.4, -0.2) is 71.5 Å². The number of aromatic nitrogens is 2. The fourth-order valence-electron chi connectivity index (χ4n) is 2.94. The number of likely N-dealkylation sites (N-methyl/N-ethyl adjacent to an activating group) is 1. The molecule has 29 heavy (non-hydrogen) atoms. The van der Waals surface area contributed by atoms with E-state index >= 15 is 0 Å². The molecule has 2 aromatic rings. The van der Waals surface area contributed by atoms with Gasteiger partial charge in [-0.05, 0) is 19.2 Å². The lowest BCUT2D eigenvalue weighted by Crippen LogP contribution is -2.47. The van der Waals surface area contributed by atoms with Crippen molar-refractivity contribution in [1.29, 1.82) is 0 Å². The van der Waals surface area contributed by atoms with Gasteiger partial charge >= 0.3 is 0 Å². The number of carbonyl (C=O) groups is 1. The molecule has 1 amide bonds. The van der Waals surface area contributed by atoms with Gasteiger partial charge in [0.1, 0.15) is 12.2 Å². The van der Waals surface area contributed by atoms with Crippen LogP contribution in [0.15, 0.2) is 35.5 Å². The third kappa shape index (κ3) is 4.70. The van der Waals surface area contributed by atoms with E-state index in [-0.39, 0.29) is 22.8 Å². The topological polar surface area (TPSA) is 157 Å².